The molecule has 1 fully saturated rings. The minimum Gasteiger partial charge on any atom is -0.371 e. The van der Waals surface area contributed by atoms with Crippen molar-refractivity contribution >= 4 is 21.4 Å². The highest BCUT2D eigenvalue weighted by Crippen LogP contribution is 2.28. The first-order chi connectivity index (χ1) is 11.4. The van der Waals surface area contributed by atoms with E-state index >= 15 is 0 Å². The van der Waals surface area contributed by atoms with E-state index < -0.39 is 21.7 Å². The second-order valence-corrected chi connectivity index (χ2v) is 7.52. The molecule has 0 spiro atoms. The zero-order valence-corrected chi connectivity index (χ0v) is 14.0. The maximum absolute atomic E-state index is 14.1. The fourth-order valence-electron chi connectivity index (χ4n) is 2.88. The van der Waals surface area contributed by atoms with Crippen molar-refractivity contribution < 1.29 is 17.2 Å². The molecule has 0 saturated carbocycles. The Bertz CT molecular complexity index is 863. The highest BCUT2D eigenvalue weighted by molar-refractivity contribution is 7.92. The average Bonchev–Trinajstić information content (AvgIpc) is 3.03. The third-order valence-corrected chi connectivity index (χ3v) is 5.62. The third-order valence-electron chi connectivity index (χ3n) is 4.09. The van der Waals surface area contributed by atoms with E-state index in [0.717, 1.165) is 43.8 Å². The zero-order chi connectivity index (χ0) is 17.3. The molecule has 24 heavy (non-hydrogen) atoms. The molecule has 1 N–H and O–H groups in total. The van der Waals surface area contributed by atoms with Gasteiger partial charge in [-0.05, 0) is 61.7 Å². The van der Waals surface area contributed by atoms with E-state index in [1.165, 1.54) is 25.1 Å². The van der Waals surface area contributed by atoms with Gasteiger partial charge in [-0.25, -0.2) is 17.2 Å². The molecule has 0 aliphatic carbocycles. The van der Waals surface area contributed by atoms with Crippen molar-refractivity contribution in [3.05, 3.63) is 53.6 Å². The normalized spacial score (nSPS) is 14.9. The van der Waals surface area contributed by atoms with Crippen LogP contribution in [0.3, 0.4) is 0 Å². The van der Waals surface area contributed by atoms with E-state index in [1.807, 2.05) is 0 Å². The van der Waals surface area contributed by atoms with Crippen LogP contribution in [0, 0.1) is 18.6 Å². The molecule has 1 aliphatic heterocycles. The second-order valence-electron chi connectivity index (χ2n) is 5.87. The standard InChI is InChI=1S/C17H18F2N2O2S/c1-12-10-13(18)4-7-17(12)24(22,23)20-16-11-14(5-6-15(16)19)21-8-2-3-9-21/h4-7,10-11,20H,2-3,8-9H2,1H3. The summed E-state index contributed by atoms with van der Waals surface area (Å²) < 4.78 is 54.5. The third kappa shape index (κ3) is 3.36. The largest absolute Gasteiger partial charge is 0.371 e. The van der Waals surface area contributed by atoms with E-state index in [0.29, 0.717) is 0 Å². The van der Waals surface area contributed by atoms with Gasteiger partial charge < -0.3 is 4.90 Å². The summed E-state index contributed by atoms with van der Waals surface area (Å²) in [7, 11) is -4.00. The molecule has 128 valence electrons. The van der Waals surface area contributed by atoms with Crippen molar-refractivity contribution in [3.8, 4) is 0 Å². The number of aryl methyl sites for hydroxylation is 1. The Morgan fingerprint density at radius 1 is 1.04 bits per heavy atom. The molecule has 0 aromatic heterocycles. The van der Waals surface area contributed by atoms with Gasteiger partial charge in [-0.3, -0.25) is 4.72 Å². The Hall–Kier alpha value is -2.15. The summed E-state index contributed by atoms with van der Waals surface area (Å²) in [6, 6.07) is 7.76. The van der Waals surface area contributed by atoms with Crippen LogP contribution < -0.4 is 9.62 Å². The van der Waals surface area contributed by atoms with E-state index in [4.69, 9.17) is 0 Å². The molecule has 4 nitrogen and oxygen atoms in total. The number of sulfonamides is 1. The summed E-state index contributed by atoms with van der Waals surface area (Å²) in [5, 5.41) is 0. The molecular formula is C17H18F2N2O2S. The van der Waals surface area contributed by atoms with Crippen molar-refractivity contribution in [1.29, 1.82) is 0 Å². The van der Waals surface area contributed by atoms with E-state index in [1.54, 1.807) is 6.07 Å². The second kappa shape index (κ2) is 6.39. The maximum atomic E-state index is 14.1. The van der Waals surface area contributed by atoms with Gasteiger partial charge in [0.1, 0.15) is 11.6 Å². The van der Waals surface area contributed by atoms with Crippen molar-refractivity contribution in [1.82, 2.24) is 0 Å². The summed E-state index contributed by atoms with van der Waals surface area (Å²) in [6.45, 7) is 3.23. The first-order valence-electron chi connectivity index (χ1n) is 7.70. The topological polar surface area (TPSA) is 49.4 Å². The Morgan fingerprint density at radius 3 is 2.42 bits per heavy atom. The number of rotatable bonds is 4. The van der Waals surface area contributed by atoms with Crippen LogP contribution in [-0.2, 0) is 10.0 Å². The van der Waals surface area contributed by atoms with Crippen molar-refractivity contribution in [3.63, 3.8) is 0 Å². The molecule has 3 rings (SSSR count). The summed E-state index contributed by atoms with van der Waals surface area (Å²) in [5.41, 5.74) is 0.934. The molecule has 0 amide bonds. The number of anilines is 2. The van der Waals surface area contributed by atoms with Crippen LogP contribution in [0.15, 0.2) is 41.3 Å². The fourth-order valence-corrected chi connectivity index (χ4v) is 4.16. The zero-order valence-electron chi connectivity index (χ0n) is 13.2. The van der Waals surface area contributed by atoms with Gasteiger partial charge in [0.2, 0.25) is 0 Å². The lowest BCUT2D eigenvalue weighted by molar-refractivity contribution is 0.596. The van der Waals surface area contributed by atoms with Crippen LogP contribution in [0.1, 0.15) is 18.4 Å². The number of hydrogen-bond acceptors (Lipinski definition) is 3. The number of benzene rings is 2. The first-order valence-corrected chi connectivity index (χ1v) is 9.18. The Morgan fingerprint density at radius 2 is 1.75 bits per heavy atom. The van der Waals surface area contributed by atoms with Gasteiger partial charge >= 0.3 is 0 Å². The Balaban J connectivity index is 1.93. The van der Waals surface area contributed by atoms with Crippen molar-refractivity contribution in [2.24, 2.45) is 0 Å². The van der Waals surface area contributed by atoms with E-state index in [-0.39, 0.29) is 16.1 Å². The SMILES string of the molecule is Cc1cc(F)ccc1S(=O)(=O)Nc1cc(N2CCCC2)ccc1F. The number of halogens is 2. The fraction of sp³-hybridized carbons (Fsp3) is 0.294. The van der Waals surface area contributed by atoms with Gasteiger partial charge in [0.15, 0.2) is 0 Å². The average molecular weight is 352 g/mol. The quantitative estimate of drug-likeness (QED) is 0.913. The Kier molecular flexibility index (Phi) is 4.45. The predicted molar refractivity (Wildman–Crippen MR) is 89.8 cm³/mol. The molecule has 0 radical (unpaired) electrons. The van der Waals surface area contributed by atoms with Gasteiger partial charge in [0, 0.05) is 18.8 Å². The highest BCUT2D eigenvalue weighted by Gasteiger charge is 2.20. The number of nitrogens with one attached hydrogen (secondary N) is 1. The lowest BCUT2D eigenvalue weighted by Crippen LogP contribution is -2.19. The number of nitrogens with zero attached hydrogens (tertiary/aromatic N) is 1. The highest BCUT2D eigenvalue weighted by atomic mass is 32.2. The van der Waals surface area contributed by atoms with Crippen LogP contribution >= 0.6 is 0 Å². The van der Waals surface area contributed by atoms with Gasteiger partial charge in [0.05, 0.1) is 10.6 Å². The van der Waals surface area contributed by atoms with Gasteiger partial charge in [-0.15, -0.1) is 0 Å². The van der Waals surface area contributed by atoms with Crippen LogP contribution in [0.2, 0.25) is 0 Å². The summed E-state index contributed by atoms with van der Waals surface area (Å²) in [5.74, 6) is -1.17. The van der Waals surface area contributed by atoms with Gasteiger partial charge in [-0.1, -0.05) is 0 Å². The molecule has 0 bridgehead atoms. The van der Waals surface area contributed by atoms with Crippen LogP contribution in [0.4, 0.5) is 20.2 Å². The lowest BCUT2D eigenvalue weighted by atomic mass is 10.2. The molecule has 1 heterocycles. The van der Waals surface area contributed by atoms with Crippen LogP contribution in [0.5, 0.6) is 0 Å². The van der Waals surface area contributed by atoms with Crippen molar-refractivity contribution in [2.45, 2.75) is 24.7 Å². The van der Waals surface area contributed by atoms with Crippen LogP contribution in [0.25, 0.3) is 0 Å². The molecule has 0 atom stereocenters. The van der Waals surface area contributed by atoms with Crippen molar-refractivity contribution in [2.75, 3.05) is 22.7 Å². The molecule has 2 aromatic rings. The van der Waals surface area contributed by atoms with Crippen LogP contribution in [-0.4, -0.2) is 21.5 Å². The van der Waals surface area contributed by atoms with Gasteiger partial charge in [-0.2, -0.15) is 0 Å². The molecule has 1 aliphatic rings. The monoisotopic (exact) mass is 352 g/mol. The number of hydrogen-bond donors (Lipinski definition) is 1. The molecular weight excluding hydrogens is 334 g/mol. The molecule has 0 unspecified atom stereocenters. The smallest absolute Gasteiger partial charge is 0.262 e. The minimum atomic E-state index is -4.00. The lowest BCUT2D eigenvalue weighted by Gasteiger charge is -2.19. The van der Waals surface area contributed by atoms with Gasteiger partial charge in [0.25, 0.3) is 10.0 Å². The Labute approximate surface area is 140 Å². The molecule has 1 saturated heterocycles. The minimum absolute atomic E-state index is 0.0742. The molecule has 7 heteroatoms. The maximum Gasteiger partial charge on any atom is 0.262 e. The first kappa shape index (κ1) is 16.7. The van der Waals surface area contributed by atoms with E-state index in [2.05, 4.69) is 9.62 Å². The summed E-state index contributed by atoms with van der Waals surface area (Å²) in [6.07, 6.45) is 2.13. The summed E-state index contributed by atoms with van der Waals surface area (Å²) >= 11 is 0. The van der Waals surface area contributed by atoms with E-state index in [9.17, 15) is 17.2 Å². The summed E-state index contributed by atoms with van der Waals surface area (Å²) in [4.78, 5) is 2.01. The molecule has 2 aromatic carbocycles. The predicted octanol–water partition coefficient (Wildman–Crippen LogP) is 3.67.